The maximum atomic E-state index is 13.8. The Morgan fingerprint density at radius 2 is 1.78 bits per heavy atom. The van der Waals surface area contributed by atoms with E-state index in [1.54, 1.807) is 6.92 Å². The van der Waals surface area contributed by atoms with Crippen LogP contribution in [0.4, 0.5) is 4.39 Å². The van der Waals surface area contributed by atoms with Gasteiger partial charge in [0, 0.05) is 5.82 Å². The van der Waals surface area contributed by atoms with Crippen LogP contribution in [0.15, 0.2) is 12.1 Å². The standard InChI is InChI=1S/C16H22BFO5/c1-9-6-10(18)7-11(14(9)21)12(8-13(19)20)17-22-15(2,3)16(4,5)23-17/h6-7,12,21H,8H2,1-5H3,(H,19,20). The molecule has 1 unspecified atom stereocenters. The van der Waals surface area contributed by atoms with Crippen molar-refractivity contribution in [3.8, 4) is 5.75 Å². The molecule has 1 saturated heterocycles. The van der Waals surface area contributed by atoms with Gasteiger partial charge in [-0.2, -0.15) is 0 Å². The molecule has 2 N–H and O–H groups in total. The summed E-state index contributed by atoms with van der Waals surface area (Å²) < 4.78 is 25.6. The summed E-state index contributed by atoms with van der Waals surface area (Å²) in [6, 6.07) is 2.34. The van der Waals surface area contributed by atoms with Crippen LogP contribution < -0.4 is 0 Å². The number of benzene rings is 1. The molecule has 126 valence electrons. The third kappa shape index (κ3) is 3.35. The number of hydrogen-bond donors (Lipinski definition) is 2. The highest BCUT2D eigenvalue weighted by atomic mass is 19.1. The Hall–Kier alpha value is -1.60. The van der Waals surface area contributed by atoms with Crippen LogP contribution in [0.2, 0.25) is 0 Å². The van der Waals surface area contributed by atoms with Gasteiger partial charge in [0.05, 0.1) is 17.6 Å². The molecule has 1 aliphatic heterocycles. The molecule has 1 aliphatic rings. The normalized spacial score (nSPS) is 20.5. The van der Waals surface area contributed by atoms with Gasteiger partial charge in [-0.3, -0.25) is 4.79 Å². The lowest BCUT2D eigenvalue weighted by atomic mass is 9.65. The fourth-order valence-electron chi connectivity index (χ4n) is 2.64. The van der Waals surface area contributed by atoms with E-state index in [9.17, 15) is 19.4 Å². The molecule has 0 radical (unpaired) electrons. The Morgan fingerprint density at radius 3 is 2.26 bits per heavy atom. The molecule has 0 spiro atoms. The second kappa shape index (κ2) is 5.80. The van der Waals surface area contributed by atoms with Crippen LogP contribution in [0, 0.1) is 12.7 Å². The van der Waals surface area contributed by atoms with Crippen molar-refractivity contribution < 1.29 is 28.7 Å². The number of carboxylic acids is 1. The summed E-state index contributed by atoms with van der Waals surface area (Å²) in [5.74, 6) is -2.57. The Bertz CT molecular complexity index is 613. The lowest BCUT2D eigenvalue weighted by Gasteiger charge is -2.32. The van der Waals surface area contributed by atoms with Gasteiger partial charge in [-0.1, -0.05) is 0 Å². The summed E-state index contributed by atoms with van der Waals surface area (Å²) in [7, 11) is -0.886. The fraction of sp³-hybridized carbons (Fsp3) is 0.562. The summed E-state index contributed by atoms with van der Waals surface area (Å²) in [5.41, 5.74) is -0.769. The average Bonchev–Trinajstić information content (AvgIpc) is 2.60. The Kier molecular flexibility index (Phi) is 4.48. The molecule has 0 aromatic heterocycles. The van der Waals surface area contributed by atoms with Crippen LogP contribution >= 0.6 is 0 Å². The van der Waals surface area contributed by atoms with E-state index in [-0.39, 0.29) is 17.7 Å². The van der Waals surface area contributed by atoms with Crippen LogP contribution in [0.1, 0.15) is 51.1 Å². The first-order chi connectivity index (χ1) is 10.4. The molecule has 1 aromatic rings. The van der Waals surface area contributed by atoms with Gasteiger partial charge in [0.1, 0.15) is 11.6 Å². The van der Waals surface area contributed by atoms with Crippen molar-refractivity contribution in [1.29, 1.82) is 0 Å². The van der Waals surface area contributed by atoms with Gasteiger partial charge in [-0.15, -0.1) is 0 Å². The van der Waals surface area contributed by atoms with Crippen LogP contribution in [-0.2, 0) is 14.1 Å². The zero-order valence-electron chi connectivity index (χ0n) is 14.0. The van der Waals surface area contributed by atoms with Gasteiger partial charge >= 0.3 is 13.1 Å². The van der Waals surface area contributed by atoms with E-state index in [2.05, 4.69) is 0 Å². The molecule has 0 amide bonds. The molecule has 1 heterocycles. The van der Waals surface area contributed by atoms with E-state index in [1.165, 1.54) is 6.07 Å². The van der Waals surface area contributed by atoms with Gasteiger partial charge in [-0.05, 0) is 57.9 Å². The molecule has 1 atom stereocenters. The van der Waals surface area contributed by atoms with Crippen molar-refractivity contribution in [3.63, 3.8) is 0 Å². The van der Waals surface area contributed by atoms with E-state index in [1.807, 2.05) is 27.7 Å². The molecule has 2 rings (SSSR count). The zero-order valence-corrected chi connectivity index (χ0v) is 14.0. The Balaban J connectivity index is 2.46. The minimum Gasteiger partial charge on any atom is -0.507 e. The van der Waals surface area contributed by atoms with Gasteiger partial charge < -0.3 is 19.5 Å². The quantitative estimate of drug-likeness (QED) is 0.833. The third-order valence-corrected chi connectivity index (χ3v) is 4.69. The van der Waals surface area contributed by atoms with Crippen LogP contribution in [0.5, 0.6) is 5.75 Å². The number of halogens is 1. The number of phenols is 1. The minimum atomic E-state index is -1.08. The molecule has 7 heteroatoms. The lowest BCUT2D eigenvalue weighted by Crippen LogP contribution is -2.41. The highest BCUT2D eigenvalue weighted by molar-refractivity contribution is 6.48. The van der Waals surface area contributed by atoms with Gasteiger partial charge in [0.25, 0.3) is 0 Å². The first kappa shape index (κ1) is 17.8. The highest BCUT2D eigenvalue weighted by Crippen LogP contribution is 2.43. The SMILES string of the molecule is Cc1cc(F)cc(C(CC(=O)O)B2OC(C)(C)C(C)(C)O2)c1O. The largest absolute Gasteiger partial charge is 0.507 e. The number of rotatable bonds is 4. The smallest absolute Gasteiger partial charge is 0.466 e. The summed E-state index contributed by atoms with van der Waals surface area (Å²) >= 11 is 0. The molecule has 1 fully saturated rings. The highest BCUT2D eigenvalue weighted by Gasteiger charge is 2.54. The fourth-order valence-corrected chi connectivity index (χ4v) is 2.64. The molecule has 0 aliphatic carbocycles. The molecule has 0 bridgehead atoms. The molecule has 1 aromatic carbocycles. The number of hydrogen-bond acceptors (Lipinski definition) is 4. The monoisotopic (exact) mass is 324 g/mol. The summed E-state index contributed by atoms with van der Waals surface area (Å²) in [6.07, 6.45) is -0.340. The number of aryl methyl sites for hydroxylation is 1. The summed E-state index contributed by atoms with van der Waals surface area (Å²) in [6.45, 7) is 8.95. The number of phenolic OH excluding ortho intramolecular Hbond substituents is 1. The maximum absolute atomic E-state index is 13.8. The zero-order chi connectivity index (χ0) is 17.6. The average molecular weight is 324 g/mol. The summed E-state index contributed by atoms with van der Waals surface area (Å²) in [4.78, 5) is 11.3. The second-order valence-electron chi connectivity index (χ2n) is 6.99. The molecular weight excluding hydrogens is 302 g/mol. The van der Waals surface area contributed by atoms with Crippen molar-refractivity contribution in [1.82, 2.24) is 0 Å². The predicted octanol–water partition coefficient (Wildman–Crippen LogP) is 3.03. The number of carbonyl (C=O) groups is 1. The Morgan fingerprint density at radius 1 is 1.26 bits per heavy atom. The van der Waals surface area contributed by atoms with Crippen LogP contribution in [0.3, 0.4) is 0 Å². The molecular formula is C16H22BFO5. The topological polar surface area (TPSA) is 76.0 Å². The predicted molar refractivity (Wildman–Crippen MR) is 83.9 cm³/mol. The van der Waals surface area contributed by atoms with Crippen molar-refractivity contribution in [2.45, 2.75) is 58.1 Å². The van der Waals surface area contributed by atoms with Crippen molar-refractivity contribution >= 4 is 13.1 Å². The van der Waals surface area contributed by atoms with E-state index < -0.39 is 35.9 Å². The number of aliphatic carboxylic acids is 1. The first-order valence-corrected chi connectivity index (χ1v) is 7.51. The molecule has 23 heavy (non-hydrogen) atoms. The van der Waals surface area contributed by atoms with Crippen molar-refractivity contribution in [2.75, 3.05) is 0 Å². The van der Waals surface area contributed by atoms with E-state index >= 15 is 0 Å². The van der Waals surface area contributed by atoms with E-state index in [4.69, 9.17) is 9.31 Å². The van der Waals surface area contributed by atoms with Gasteiger partial charge in [0.15, 0.2) is 0 Å². The lowest BCUT2D eigenvalue weighted by molar-refractivity contribution is -0.137. The minimum absolute atomic E-state index is 0.132. The maximum Gasteiger partial charge on any atom is 0.466 e. The summed E-state index contributed by atoms with van der Waals surface area (Å²) in [5, 5.41) is 19.5. The second-order valence-corrected chi connectivity index (χ2v) is 6.99. The van der Waals surface area contributed by atoms with Crippen LogP contribution in [0.25, 0.3) is 0 Å². The van der Waals surface area contributed by atoms with Crippen molar-refractivity contribution in [3.05, 3.63) is 29.1 Å². The Labute approximate surface area is 135 Å². The first-order valence-electron chi connectivity index (χ1n) is 7.51. The van der Waals surface area contributed by atoms with E-state index in [0.717, 1.165) is 6.07 Å². The van der Waals surface area contributed by atoms with E-state index in [0.29, 0.717) is 5.56 Å². The van der Waals surface area contributed by atoms with Crippen LogP contribution in [-0.4, -0.2) is 34.5 Å². The van der Waals surface area contributed by atoms with Gasteiger partial charge in [-0.25, -0.2) is 4.39 Å². The third-order valence-electron chi connectivity index (χ3n) is 4.69. The van der Waals surface area contributed by atoms with Gasteiger partial charge in [0.2, 0.25) is 0 Å². The number of aromatic hydroxyl groups is 1. The number of carboxylic acid groups (broad SMARTS) is 1. The molecule has 0 saturated carbocycles. The van der Waals surface area contributed by atoms with Crippen molar-refractivity contribution in [2.24, 2.45) is 0 Å². The molecule has 5 nitrogen and oxygen atoms in total.